The van der Waals surface area contributed by atoms with Crippen LogP contribution in [-0.2, 0) is 14.3 Å². The molecule has 1 aliphatic rings. The molecule has 1 aliphatic heterocycles. The normalized spacial score (nSPS) is 25.9. The maximum absolute atomic E-state index is 11.4. The number of hydrogen-bond acceptors (Lipinski definition) is 3. The third kappa shape index (κ3) is 3.47. The molecular formula is C11H21NO3. The van der Waals surface area contributed by atoms with E-state index in [2.05, 4.69) is 0 Å². The highest BCUT2D eigenvalue weighted by molar-refractivity contribution is 5.74. The second kappa shape index (κ2) is 6.08. The molecule has 2 atom stereocenters. The van der Waals surface area contributed by atoms with Crippen molar-refractivity contribution in [3.05, 3.63) is 0 Å². The average molecular weight is 215 g/mol. The molecule has 15 heavy (non-hydrogen) atoms. The van der Waals surface area contributed by atoms with E-state index >= 15 is 0 Å². The van der Waals surface area contributed by atoms with Crippen LogP contribution in [0, 0.1) is 0 Å². The van der Waals surface area contributed by atoms with Crippen LogP contribution in [0.2, 0.25) is 0 Å². The molecule has 0 aromatic heterocycles. The third-order valence-electron chi connectivity index (χ3n) is 2.70. The van der Waals surface area contributed by atoms with Gasteiger partial charge in [0.1, 0.15) is 0 Å². The van der Waals surface area contributed by atoms with Crippen LogP contribution in [0.15, 0.2) is 0 Å². The summed E-state index contributed by atoms with van der Waals surface area (Å²) < 4.78 is 10.9. The van der Waals surface area contributed by atoms with E-state index in [0.717, 1.165) is 6.42 Å². The van der Waals surface area contributed by atoms with E-state index in [9.17, 15) is 4.79 Å². The van der Waals surface area contributed by atoms with Crippen LogP contribution in [0.3, 0.4) is 0 Å². The summed E-state index contributed by atoms with van der Waals surface area (Å²) in [6.07, 6.45) is 1.08. The van der Waals surface area contributed by atoms with Crippen molar-refractivity contribution in [3.63, 3.8) is 0 Å². The zero-order valence-corrected chi connectivity index (χ0v) is 9.86. The minimum absolute atomic E-state index is 0.113. The van der Waals surface area contributed by atoms with Gasteiger partial charge >= 0.3 is 0 Å². The summed E-state index contributed by atoms with van der Waals surface area (Å²) in [4.78, 5) is 13.2. The fraction of sp³-hybridized carbons (Fsp3) is 0.909. The predicted octanol–water partition coefficient (Wildman–Crippen LogP) is 1.05. The lowest BCUT2D eigenvalue weighted by Crippen LogP contribution is -2.37. The SMILES string of the molecule is CCOC[C@@H]1C[C@@H](OCC)CN1C(C)=O. The Kier molecular flexibility index (Phi) is 5.05. The Balaban J connectivity index is 2.47. The Morgan fingerprint density at radius 2 is 2.13 bits per heavy atom. The molecule has 1 fully saturated rings. The van der Waals surface area contributed by atoms with Gasteiger partial charge in [-0.15, -0.1) is 0 Å². The van der Waals surface area contributed by atoms with Gasteiger partial charge in [0.15, 0.2) is 0 Å². The molecule has 0 N–H and O–H groups in total. The molecule has 0 bridgehead atoms. The van der Waals surface area contributed by atoms with Crippen LogP contribution in [0.4, 0.5) is 0 Å². The molecule has 0 aromatic rings. The van der Waals surface area contributed by atoms with E-state index < -0.39 is 0 Å². The second-order valence-electron chi connectivity index (χ2n) is 3.80. The number of hydrogen-bond donors (Lipinski definition) is 0. The molecule has 0 radical (unpaired) electrons. The molecule has 4 nitrogen and oxygen atoms in total. The molecule has 1 amide bonds. The molecular weight excluding hydrogens is 194 g/mol. The summed E-state index contributed by atoms with van der Waals surface area (Å²) in [6.45, 7) is 8.29. The van der Waals surface area contributed by atoms with Gasteiger partial charge in [-0.25, -0.2) is 0 Å². The molecule has 0 aromatic carbocycles. The number of nitrogens with zero attached hydrogens (tertiary/aromatic N) is 1. The third-order valence-corrected chi connectivity index (χ3v) is 2.70. The first-order valence-corrected chi connectivity index (χ1v) is 5.65. The Morgan fingerprint density at radius 3 is 2.67 bits per heavy atom. The standard InChI is InChI=1S/C11H21NO3/c1-4-14-8-10-6-11(15-5-2)7-12(10)9(3)13/h10-11H,4-8H2,1-3H3/t10-,11+/m0/s1. The van der Waals surface area contributed by atoms with Crippen molar-refractivity contribution in [3.8, 4) is 0 Å². The van der Waals surface area contributed by atoms with Crippen molar-refractivity contribution < 1.29 is 14.3 Å². The monoisotopic (exact) mass is 215 g/mol. The van der Waals surface area contributed by atoms with Crippen LogP contribution in [0.5, 0.6) is 0 Å². The molecule has 1 heterocycles. The highest BCUT2D eigenvalue weighted by atomic mass is 16.5. The summed E-state index contributed by atoms with van der Waals surface area (Å²) in [6, 6.07) is 0.194. The number of carbonyl (C=O) groups is 1. The van der Waals surface area contributed by atoms with Gasteiger partial charge in [-0.3, -0.25) is 4.79 Å². The first-order valence-electron chi connectivity index (χ1n) is 5.65. The van der Waals surface area contributed by atoms with Gasteiger partial charge in [-0.1, -0.05) is 0 Å². The van der Waals surface area contributed by atoms with E-state index in [0.29, 0.717) is 26.4 Å². The van der Waals surface area contributed by atoms with E-state index in [1.54, 1.807) is 6.92 Å². The largest absolute Gasteiger partial charge is 0.380 e. The number of ether oxygens (including phenoxy) is 2. The van der Waals surface area contributed by atoms with Crippen molar-refractivity contribution in [2.24, 2.45) is 0 Å². The number of likely N-dealkylation sites (tertiary alicyclic amines) is 1. The van der Waals surface area contributed by atoms with Crippen molar-refractivity contribution in [1.29, 1.82) is 0 Å². The van der Waals surface area contributed by atoms with Crippen LogP contribution in [0.25, 0.3) is 0 Å². The first-order chi connectivity index (χ1) is 7.19. The molecule has 0 saturated carbocycles. The summed E-state index contributed by atoms with van der Waals surface area (Å²) in [5, 5.41) is 0. The molecule has 88 valence electrons. The van der Waals surface area contributed by atoms with Crippen LogP contribution < -0.4 is 0 Å². The molecule has 0 spiro atoms. The Labute approximate surface area is 91.5 Å². The second-order valence-corrected chi connectivity index (χ2v) is 3.80. The van der Waals surface area contributed by atoms with Gasteiger partial charge in [-0.2, -0.15) is 0 Å². The van der Waals surface area contributed by atoms with Crippen molar-refractivity contribution in [2.75, 3.05) is 26.4 Å². The van der Waals surface area contributed by atoms with E-state index in [1.165, 1.54) is 0 Å². The highest BCUT2D eigenvalue weighted by Gasteiger charge is 2.33. The van der Waals surface area contributed by atoms with E-state index in [-0.39, 0.29) is 18.1 Å². The van der Waals surface area contributed by atoms with Gasteiger partial charge in [0, 0.05) is 26.7 Å². The maximum atomic E-state index is 11.4. The first kappa shape index (κ1) is 12.5. The summed E-state index contributed by atoms with van der Waals surface area (Å²) in [5.74, 6) is 0.113. The Hall–Kier alpha value is -0.610. The number of carbonyl (C=O) groups excluding carboxylic acids is 1. The minimum Gasteiger partial charge on any atom is -0.380 e. The molecule has 1 rings (SSSR count). The van der Waals surface area contributed by atoms with Gasteiger partial charge in [0.2, 0.25) is 5.91 Å². The van der Waals surface area contributed by atoms with Crippen molar-refractivity contribution >= 4 is 5.91 Å². The zero-order chi connectivity index (χ0) is 11.3. The summed E-state index contributed by atoms with van der Waals surface area (Å²) >= 11 is 0. The number of rotatable bonds is 5. The molecule has 0 aliphatic carbocycles. The average Bonchev–Trinajstić information content (AvgIpc) is 2.59. The van der Waals surface area contributed by atoms with Gasteiger partial charge < -0.3 is 14.4 Å². The lowest BCUT2D eigenvalue weighted by atomic mass is 10.2. The lowest BCUT2D eigenvalue weighted by molar-refractivity contribution is -0.131. The van der Waals surface area contributed by atoms with E-state index in [1.807, 2.05) is 18.7 Å². The van der Waals surface area contributed by atoms with E-state index in [4.69, 9.17) is 9.47 Å². The molecule has 4 heteroatoms. The van der Waals surface area contributed by atoms with Crippen LogP contribution in [0.1, 0.15) is 27.2 Å². The minimum atomic E-state index is 0.113. The maximum Gasteiger partial charge on any atom is 0.219 e. The Morgan fingerprint density at radius 1 is 1.40 bits per heavy atom. The molecule has 0 unspecified atom stereocenters. The fourth-order valence-corrected chi connectivity index (χ4v) is 2.03. The fourth-order valence-electron chi connectivity index (χ4n) is 2.03. The quantitative estimate of drug-likeness (QED) is 0.688. The van der Waals surface area contributed by atoms with Gasteiger partial charge in [0.25, 0.3) is 0 Å². The lowest BCUT2D eigenvalue weighted by Gasteiger charge is -2.22. The summed E-state index contributed by atoms with van der Waals surface area (Å²) in [5.41, 5.74) is 0. The van der Waals surface area contributed by atoms with Crippen LogP contribution >= 0.6 is 0 Å². The van der Waals surface area contributed by atoms with Crippen molar-refractivity contribution in [2.45, 2.75) is 39.3 Å². The Bertz CT molecular complexity index is 208. The smallest absolute Gasteiger partial charge is 0.219 e. The predicted molar refractivity (Wildman–Crippen MR) is 57.7 cm³/mol. The number of amides is 1. The topological polar surface area (TPSA) is 38.8 Å². The summed E-state index contributed by atoms with van der Waals surface area (Å²) in [7, 11) is 0. The van der Waals surface area contributed by atoms with Gasteiger partial charge in [-0.05, 0) is 20.3 Å². The highest BCUT2D eigenvalue weighted by Crippen LogP contribution is 2.20. The van der Waals surface area contributed by atoms with Gasteiger partial charge in [0.05, 0.1) is 18.8 Å². The zero-order valence-electron chi connectivity index (χ0n) is 9.86. The van der Waals surface area contributed by atoms with Crippen LogP contribution in [-0.4, -0.2) is 49.3 Å². The van der Waals surface area contributed by atoms with Crippen molar-refractivity contribution in [1.82, 2.24) is 4.90 Å². The molecule has 1 saturated heterocycles.